The molecule has 1 fully saturated rings. The number of carbonyl (C=O) groups is 2. The Morgan fingerprint density at radius 1 is 1.15 bits per heavy atom. The minimum Gasteiger partial charge on any atom is -0.492 e. The molecule has 1 aliphatic heterocycles. The maximum Gasteiger partial charge on any atom is 0.293 e. The van der Waals surface area contributed by atoms with Gasteiger partial charge in [-0.25, -0.2) is 0 Å². The summed E-state index contributed by atoms with van der Waals surface area (Å²) in [6, 6.07) is 11.3. The Labute approximate surface area is 157 Å². The number of furan rings is 1. The van der Waals surface area contributed by atoms with Gasteiger partial charge in [0.25, 0.3) is 11.1 Å². The molecule has 2 aromatic rings. The summed E-state index contributed by atoms with van der Waals surface area (Å²) in [5, 5.41) is -0.292. The minimum absolute atomic E-state index is 0.0842. The van der Waals surface area contributed by atoms with E-state index in [0.717, 1.165) is 17.5 Å². The van der Waals surface area contributed by atoms with Gasteiger partial charge in [-0.2, -0.15) is 0 Å². The molecule has 0 atom stereocenters. The molecule has 0 N–H and O–H groups in total. The second kappa shape index (κ2) is 7.41. The molecule has 0 aliphatic carbocycles. The van der Waals surface area contributed by atoms with Crippen molar-refractivity contribution in [3.05, 3.63) is 58.9 Å². The predicted octanol–water partition coefficient (Wildman–Crippen LogP) is 4.69. The third kappa shape index (κ3) is 4.19. The summed E-state index contributed by atoms with van der Waals surface area (Å²) in [4.78, 5) is 26.0. The third-order valence-corrected chi connectivity index (χ3v) is 4.90. The van der Waals surface area contributed by atoms with Crippen LogP contribution in [0.3, 0.4) is 0 Å². The summed E-state index contributed by atoms with van der Waals surface area (Å²) in [5.41, 5.74) is 1.31. The van der Waals surface area contributed by atoms with Crippen LogP contribution < -0.4 is 4.74 Å². The number of carbonyl (C=O) groups excluding carboxylic acids is 2. The highest BCUT2D eigenvalue weighted by atomic mass is 32.2. The molecule has 1 aliphatic rings. The van der Waals surface area contributed by atoms with Gasteiger partial charge in [0.05, 0.1) is 17.7 Å². The molecule has 1 aromatic carbocycles. The molecule has 1 aromatic heterocycles. The summed E-state index contributed by atoms with van der Waals surface area (Å²) in [7, 11) is 0. The van der Waals surface area contributed by atoms with Crippen LogP contribution in [-0.2, 0) is 10.2 Å². The van der Waals surface area contributed by atoms with Gasteiger partial charge in [0.2, 0.25) is 0 Å². The molecule has 0 saturated carbocycles. The first-order valence-electron chi connectivity index (χ1n) is 8.37. The molecule has 0 unspecified atom stereocenters. The summed E-state index contributed by atoms with van der Waals surface area (Å²) in [6.07, 6.45) is 3.10. The second-order valence-electron chi connectivity index (χ2n) is 6.97. The van der Waals surface area contributed by atoms with E-state index in [0.29, 0.717) is 10.7 Å². The number of ether oxygens (including phenoxy) is 1. The minimum atomic E-state index is -0.317. The second-order valence-corrected chi connectivity index (χ2v) is 7.96. The fraction of sp³-hybridized carbons (Fsp3) is 0.300. The predicted molar refractivity (Wildman–Crippen MR) is 102 cm³/mol. The normalized spacial score (nSPS) is 16.6. The Kier molecular flexibility index (Phi) is 5.23. The van der Waals surface area contributed by atoms with Crippen LogP contribution in [0.2, 0.25) is 0 Å². The molecule has 5 nitrogen and oxygen atoms in total. The van der Waals surface area contributed by atoms with Crippen LogP contribution in [0.1, 0.15) is 32.1 Å². The molecule has 0 spiro atoms. The maximum atomic E-state index is 12.4. The van der Waals surface area contributed by atoms with E-state index >= 15 is 0 Å². The summed E-state index contributed by atoms with van der Waals surface area (Å²) in [5.74, 6) is 0.949. The van der Waals surface area contributed by atoms with Gasteiger partial charge in [-0.15, -0.1) is 0 Å². The van der Waals surface area contributed by atoms with Gasteiger partial charge in [0.15, 0.2) is 0 Å². The molecule has 3 rings (SSSR count). The number of imide groups is 1. The standard InChI is InChI=1S/C20H21NO4S/c1-20(2,3)14-6-8-15(9-7-14)25-12-10-21-18(22)17(26-19(21)23)13-16-5-4-11-24-16/h4-9,11,13H,10,12H2,1-3H3/b17-13-. The van der Waals surface area contributed by atoms with Crippen molar-refractivity contribution in [3.63, 3.8) is 0 Å². The van der Waals surface area contributed by atoms with Gasteiger partial charge in [0.1, 0.15) is 18.1 Å². The van der Waals surface area contributed by atoms with E-state index in [1.165, 1.54) is 16.7 Å². The van der Waals surface area contributed by atoms with Crippen LogP contribution in [0.4, 0.5) is 4.79 Å². The zero-order chi connectivity index (χ0) is 18.7. The van der Waals surface area contributed by atoms with Crippen LogP contribution in [0.5, 0.6) is 5.75 Å². The van der Waals surface area contributed by atoms with E-state index < -0.39 is 0 Å². The topological polar surface area (TPSA) is 59.8 Å². The molecule has 136 valence electrons. The third-order valence-electron chi connectivity index (χ3n) is 3.99. The lowest BCUT2D eigenvalue weighted by Crippen LogP contribution is -2.32. The zero-order valence-corrected chi connectivity index (χ0v) is 15.8. The maximum absolute atomic E-state index is 12.4. The Bertz CT molecular complexity index is 816. The van der Waals surface area contributed by atoms with Gasteiger partial charge < -0.3 is 9.15 Å². The smallest absolute Gasteiger partial charge is 0.293 e. The number of rotatable bonds is 5. The molecule has 2 heterocycles. The van der Waals surface area contributed by atoms with Crippen LogP contribution in [0, 0.1) is 0 Å². The van der Waals surface area contributed by atoms with Crippen molar-refractivity contribution in [3.8, 4) is 5.75 Å². The lowest BCUT2D eigenvalue weighted by molar-refractivity contribution is -0.123. The van der Waals surface area contributed by atoms with Gasteiger partial charge >= 0.3 is 0 Å². The Hall–Kier alpha value is -2.47. The van der Waals surface area contributed by atoms with E-state index in [1.807, 2.05) is 24.3 Å². The van der Waals surface area contributed by atoms with Crippen LogP contribution in [0.25, 0.3) is 6.08 Å². The fourth-order valence-electron chi connectivity index (χ4n) is 2.50. The quantitative estimate of drug-likeness (QED) is 0.714. The summed E-state index contributed by atoms with van der Waals surface area (Å²) < 4.78 is 10.9. The van der Waals surface area contributed by atoms with E-state index in [1.54, 1.807) is 18.2 Å². The van der Waals surface area contributed by atoms with Gasteiger partial charge in [-0.05, 0) is 47.0 Å². The molecule has 0 radical (unpaired) electrons. The molecule has 2 amide bonds. The van der Waals surface area contributed by atoms with Crippen molar-refractivity contribution < 1.29 is 18.7 Å². The molecule has 6 heteroatoms. The molecular weight excluding hydrogens is 350 g/mol. The van der Waals surface area contributed by atoms with Gasteiger partial charge in [-0.3, -0.25) is 14.5 Å². The average Bonchev–Trinajstić information content (AvgIpc) is 3.18. The van der Waals surface area contributed by atoms with Crippen molar-refractivity contribution in [2.75, 3.05) is 13.2 Å². The van der Waals surface area contributed by atoms with Crippen molar-refractivity contribution in [2.45, 2.75) is 26.2 Å². The lowest BCUT2D eigenvalue weighted by atomic mass is 9.87. The van der Waals surface area contributed by atoms with Crippen molar-refractivity contribution in [1.82, 2.24) is 4.90 Å². The van der Waals surface area contributed by atoms with Crippen LogP contribution in [-0.4, -0.2) is 29.2 Å². The monoisotopic (exact) mass is 371 g/mol. The number of benzene rings is 1. The highest BCUT2D eigenvalue weighted by Gasteiger charge is 2.35. The zero-order valence-electron chi connectivity index (χ0n) is 15.0. The Morgan fingerprint density at radius 3 is 2.50 bits per heavy atom. The lowest BCUT2D eigenvalue weighted by Gasteiger charge is -2.19. The van der Waals surface area contributed by atoms with Crippen molar-refractivity contribution in [2.24, 2.45) is 0 Å². The molecule has 26 heavy (non-hydrogen) atoms. The first kappa shape index (κ1) is 18.3. The number of amides is 2. The SMILES string of the molecule is CC(C)(C)c1ccc(OCCN2C(=O)S/C(=C\c3ccco3)C2=O)cc1. The highest BCUT2D eigenvalue weighted by Crippen LogP contribution is 2.32. The first-order valence-corrected chi connectivity index (χ1v) is 9.18. The number of nitrogens with zero attached hydrogens (tertiary/aromatic N) is 1. The number of hydrogen-bond donors (Lipinski definition) is 0. The molecule has 1 saturated heterocycles. The first-order chi connectivity index (χ1) is 12.3. The van der Waals surface area contributed by atoms with Gasteiger partial charge in [0, 0.05) is 6.08 Å². The largest absolute Gasteiger partial charge is 0.492 e. The highest BCUT2D eigenvalue weighted by molar-refractivity contribution is 8.18. The van der Waals surface area contributed by atoms with E-state index in [4.69, 9.17) is 9.15 Å². The number of thioether (sulfide) groups is 1. The summed E-state index contributed by atoms with van der Waals surface area (Å²) >= 11 is 0.914. The molecular formula is C20H21NO4S. The van der Waals surface area contributed by atoms with Crippen molar-refractivity contribution >= 4 is 29.0 Å². The van der Waals surface area contributed by atoms with Crippen LogP contribution >= 0.6 is 11.8 Å². The average molecular weight is 371 g/mol. The van der Waals surface area contributed by atoms with Gasteiger partial charge in [-0.1, -0.05) is 32.9 Å². The van der Waals surface area contributed by atoms with E-state index in [9.17, 15) is 9.59 Å². The van der Waals surface area contributed by atoms with Crippen molar-refractivity contribution in [1.29, 1.82) is 0 Å². The van der Waals surface area contributed by atoms with E-state index in [2.05, 4.69) is 20.8 Å². The number of hydrogen-bond acceptors (Lipinski definition) is 5. The van der Waals surface area contributed by atoms with Crippen LogP contribution in [0.15, 0.2) is 52.0 Å². The fourth-order valence-corrected chi connectivity index (χ4v) is 3.35. The van der Waals surface area contributed by atoms with E-state index in [-0.39, 0.29) is 29.7 Å². The molecule has 0 bridgehead atoms. The summed E-state index contributed by atoms with van der Waals surface area (Å²) in [6.45, 7) is 6.92. The Morgan fingerprint density at radius 2 is 1.88 bits per heavy atom. The Balaban J connectivity index is 1.56.